The van der Waals surface area contributed by atoms with E-state index in [0.717, 1.165) is 5.56 Å². The molecule has 2 aromatic rings. The summed E-state index contributed by atoms with van der Waals surface area (Å²) in [5.41, 5.74) is 2.03. The molecule has 0 heterocycles. The third-order valence-electron chi connectivity index (χ3n) is 3.51. The third-order valence-corrected chi connectivity index (χ3v) is 3.51. The Morgan fingerprint density at radius 2 is 1.66 bits per heavy atom. The van der Waals surface area contributed by atoms with Crippen molar-refractivity contribution in [3.8, 4) is 17.2 Å². The van der Waals surface area contributed by atoms with E-state index in [-0.39, 0.29) is 0 Å². The van der Waals surface area contributed by atoms with Crippen LogP contribution in [0.4, 0.5) is 0 Å². The largest absolute Gasteiger partial charge is 0.512 e. The van der Waals surface area contributed by atoms with Crippen LogP contribution in [0.15, 0.2) is 66.1 Å². The Kier molecular flexibility index (Phi) is 13.2. The number of phenolic OH excluding ortho intramolecular Hbond substituents is 1. The van der Waals surface area contributed by atoms with Crippen LogP contribution in [0.3, 0.4) is 0 Å². The van der Waals surface area contributed by atoms with Gasteiger partial charge >= 0.3 is 0 Å². The summed E-state index contributed by atoms with van der Waals surface area (Å²) in [6.45, 7) is 11.9. The predicted molar refractivity (Wildman–Crippen MR) is 117 cm³/mol. The van der Waals surface area contributed by atoms with Gasteiger partial charge in [-0.3, -0.25) is 4.79 Å². The molecule has 2 aromatic carbocycles. The van der Waals surface area contributed by atoms with Crippen molar-refractivity contribution < 1.29 is 24.5 Å². The van der Waals surface area contributed by atoms with Crippen molar-refractivity contribution in [2.75, 3.05) is 0 Å². The fourth-order valence-electron chi connectivity index (χ4n) is 1.95. The summed E-state index contributed by atoms with van der Waals surface area (Å²) in [6.07, 6.45) is 3.89. The van der Waals surface area contributed by atoms with E-state index >= 15 is 0 Å². The van der Waals surface area contributed by atoms with Crippen LogP contribution in [0.25, 0.3) is 0 Å². The molecule has 0 bridgehead atoms. The lowest BCUT2D eigenvalue weighted by atomic mass is 10.2. The second-order valence-corrected chi connectivity index (χ2v) is 5.87. The summed E-state index contributed by atoms with van der Waals surface area (Å²) in [4.78, 5) is 10.2. The van der Waals surface area contributed by atoms with Gasteiger partial charge in [0.15, 0.2) is 0 Å². The zero-order chi connectivity index (χ0) is 22.2. The first-order valence-electron chi connectivity index (χ1n) is 9.56. The number of hydrogen-bond acceptors (Lipinski definition) is 5. The number of aromatic hydroxyl groups is 1. The lowest BCUT2D eigenvalue weighted by Gasteiger charge is -2.09. The monoisotopic (exact) mass is 400 g/mol. The van der Waals surface area contributed by atoms with Crippen LogP contribution in [-0.2, 0) is 4.79 Å². The van der Waals surface area contributed by atoms with Gasteiger partial charge in [0.2, 0.25) is 0 Å². The molecular formula is C24H32O5. The minimum atomic E-state index is 0.300. The SMILES string of the molecule is CC.CC/C(O)=C\C=C(/C)Oc1ccc(OC=O)cc1C.Cc1ccc(O)cc1. The summed E-state index contributed by atoms with van der Waals surface area (Å²) >= 11 is 0. The number of ether oxygens (including phenoxy) is 2. The van der Waals surface area contributed by atoms with Crippen molar-refractivity contribution in [1.29, 1.82) is 0 Å². The summed E-state index contributed by atoms with van der Waals surface area (Å²) in [6, 6.07) is 12.2. The molecule has 2 N–H and O–H groups in total. The topological polar surface area (TPSA) is 76.0 Å². The summed E-state index contributed by atoms with van der Waals surface area (Å²) < 4.78 is 10.4. The molecule has 0 saturated carbocycles. The van der Waals surface area contributed by atoms with Crippen molar-refractivity contribution in [1.82, 2.24) is 0 Å². The Labute approximate surface area is 173 Å². The number of rotatable bonds is 6. The van der Waals surface area contributed by atoms with Gasteiger partial charge in [-0.1, -0.05) is 38.5 Å². The Balaban J connectivity index is 0.000000649. The number of benzene rings is 2. The minimum Gasteiger partial charge on any atom is -0.512 e. The fourth-order valence-corrected chi connectivity index (χ4v) is 1.95. The highest BCUT2D eigenvalue weighted by Gasteiger charge is 2.03. The number of carbonyl (C=O) groups is 1. The molecule has 0 saturated heterocycles. The average molecular weight is 401 g/mol. The van der Waals surface area contributed by atoms with Gasteiger partial charge in [0, 0.05) is 6.42 Å². The molecule has 29 heavy (non-hydrogen) atoms. The number of carbonyl (C=O) groups excluding carboxylic acids is 1. The number of phenols is 1. The number of allylic oxidation sites excluding steroid dienone is 4. The molecule has 0 aromatic heterocycles. The van der Waals surface area contributed by atoms with E-state index in [4.69, 9.17) is 14.6 Å². The fraction of sp³-hybridized carbons (Fsp3) is 0.292. The molecule has 0 aliphatic carbocycles. The second-order valence-electron chi connectivity index (χ2n) is 5.87. The van der Waals surface area contributed by atoms with Gasteiger partial charge in [-0.05, 0) is 68.8 Å². The van der Waals surface area contributed by atoms with E-state index < -0.39 is 0 Å². The van der Waals surface area contributed by atoms with Crippen LogP contribution in [0.1, 0.15) is 45.2 Å². The van der Waals surface area contributed by atoms with Crippen LogP contribution in [0.2, 0.25) is 0 Å². The minimum absolute atomic E-state index is 0.300. The first-order chi connectivity index (χ1) is 13.8. The van der Waals surface area contributed by atoms with Crippen molar-refractivity contribution in [2.45, 2.75) is 48.0 Å². The van der Waals surface area contributed by atoms with Crippen LogP contribution in [0, 0.1) is 13.8 Å². The number of hydrogen-bond donors (Lipinski definition) is 2. The van der Waals surface area contributed by atoms with Gasteiger partial charge in [0.1, 0.15) is 23.0 Å². The molecule has 158 valence electrons. The maximum atomic E-state index is 10.2. The maximum Gasteiger partial charge on any atom is 0.298 e. The third kappa shape index (κ3) is 11.3. The predicted octanol–water partition coefficient (Wildman–Crippen LogP) is 6.39. The van der Waals surface area contributed by atoms with Crippen molar-refractivity contribution >= 4 is 6.47 Å². The zero-order valence-electron chi connectivity index (χ0n) is 18.1. The van der Waals surface area contributed by atoms with Gasteiger partial charge in [0.05, 0.1) is 5.76 Å². The summed E-state index contributed by atoms with van der Waals surface area (Å²) in [5, 5.41) is 18.1. The molecule has 0 fully saturated rings. The zero-order valence-corrected chi connectivity index (χ0v) is 18.1. The number of aliphatic hydroxyl groups is 1. The molecular weight excluding hydrogens is 368 g/mol. The molecule has 0 atom stereocenters. The first kappa shape index (κ1) is 25.8. The number of aryl methyl sites for hydroxylation is 2. The van der Waals surface area contributed by atoms with E-state index in [1.165, 1.54) is 5.56 Å². The highest BCUT2D eigenvalue weighted by molar-refractivity contribution is 5.48. The summed E-state index contributed by atoms with van der Waals surface area (Å²) in [5.74, 6) is 2.44. The lowest BCUT2D eigenvalue weighted by Crippen LogP contribution is -1.95. The normalized spacial score (nSPS) is 10.7. The molecule has 5 heteroatoms. The van der Waals surface area contributed by atoms with E-state index in [0.29, 0.717) is 41.7 Å². The number of aliphatic hydroxyl groups excluding tert-OH is 1. The highest BCUT2D eigenvalue weighted by Crippen LogP contribution is 2.24. The van der Waals surface area contributed by atoms with Crippen LogP contribution < -0.4 is 9.47 Å². The van der Waals surface area contributed by atoms with Gasteiger partial charge in [-0.25, -0.2) is 0 Å². The Bertz CT molecular complexity index is 768. The Hall–Kier alpha value is -3.21. The molecule has 0 aliphatic rings. The molecule has 0 spiro atoms. The van der Waals surface area contributed by atoms with Gasteiger partial charge in [-0.15, -0.1) is 0 Å². The first-order valence-corrected chi connectivity index (χ1v) is 9.56. The average Bonchev–Trinajstić information content (AvgIpc) is 2.72. The Morgan fingerprint density at radius 3 is 2.14 bits per heavy atom. The van der Waals surface area contributed by atoms with Crippen molar-refractivity contribution in [2.24, 2.45) is 0 Å². The smallest absolute Gasteiger partial charge is 0.298 e. The van der Waals surface area contributed by atoms with Gasteiger partial charge < -0.3 is 19.7 Å². The van der Waals surface area contributed by atoms with E-state index in [2.05, 4.69) is 0 Å². The van der Waals surface area contributed by atoms with Gasteiger partial charge in [-0.2, -0.15) is 0 Å². The Morgan fingerprint density at radius 1 is 1.03 bits per heavy atom. The van der Waals surface area contributed by atoms with Crippen molar-refractivity contribution in [3.05, 3.63) is 77.3 Å². The maximum absolute atomic E-state index is 10.2. The lowest BCUT2D eigenvalue weighted by molar-refractivity contribution is -0.120. The quantitative estimate of drug-likeness (QED) is 0.334. The van der Waals surface area contributed by atoms with E-state index in [1.807, 2.05) is 46.8 Å². The standard InChI is InChI=1S/C15H18O4.C7H8O.C2H6/c1-4-13(17)6-5-12(3)19-15-8-7-14(18-10-16)9-11(15)2;1-6-2-4-7(8)5-3-6;1-2/h5-10,17H,4H2,1-3H3;2-5,8H,1H3;1-2H3/b12-5+,13-6+;;. The molecule has 5 nitrogen and oxygen atoms in total. The molecule has 0 amide bonds. The van der Waals surface area contributed by atoms with E-state index in [1.54, 1.807) is 49.4 Å². The van der Waals surface area contributed by atoms with Crippen LogP contribution in [-0.4, -0.2) is 16.7 Å². The summed E-state index contributed by atoms with van der Waals surface area (Å²) in [7, 11) is 0. The van der Waals surface area contributed by atoms with Crippen LogP contribution in [0.5, 0.6) is 17.2 Å². The molecule has 2 rings (SSSR count). The van der Waals surface area contributed by atoms with E-state index in [9.17, 15) is 9.90 Å². The van der Waals surface area contributed by atoms with Crippen molar-refractivity contribution in [3.63, 3.8) is 0 Å². The molecule has 0 radical (unpaired) electrons. The van der Waals surface area contributed by atoms with Gasteiger partial charge in [0.25, 0.3) is 6.47 Å². The highest BCUT2D eigenvalue weighted by atomic mass is 16.5. The second kappa shape index (κ2) is 14.8. The molecule has 0 aliphatic heterocycles. The molecule has 0 unspecified atom stereocenters. The van der Waals surface area contributed by atoms with Crippen LogP contribution >= 0.6 is 0 Å².